The molecule has 0 aliphatic carbocycles. The summed E-state index contributed by atoms with van der Waals surface area (Å²) in [6.07, 6.45) is -0.472. The number of nitrogens with one attached hydrogen (secondary N) is 2. The van der Waals surface area contributed by atoms with E-state index in [0.29, 0.717) is 5.56 Å². The van der Waals surface area contributed by atoms with Gasteiger partial charge in [-0.1, -0.05) is 0 Å². The minimum Gasteiger partial charge on any atom is -0.465 e. The van der Waals surface area contributed by atoms with E-state index in [0.717, 1.165) is 22.2 Å². The third kappa shape index (κ3) is 4.07. The van der Waals surface area contributed by atoms with Crippen molar-refractivity contribution in [2.24, 2.45) is 0 Å². The number of amides is 1. The number of aryl methyl sites for hydroxylation is 1. The number of aromatic amines is 1. The van der Waals surface area contributed by atoms with Gasteiger partial charge >= 0.3 is 12.1 Å². The van der Waals surface area contributed by atoms with Crippen LogP contribution in [0.15, 0.2) is 18.2 Å². The van der Waals surface area contributed by atoms with Gasteiger partial charge in [-0.3, -0.25) is 0 Å². The number of H-pyrrole nitrogens is 1. The number of methoxy groups -OCH3 is 1. The van der Waals surface area contributed by atoms with E-state index in [1.54, 1.807) is 6.07 Å². The Kier molecular flexibility index (Phi) is 4.87. The lowest BCUT2D eigenvalue weighted by molar-refractivity contribution is 0.0506. The molecular weight excluding hydrogens is 308 g/mol. The van der Waals surface area contributed by atoms with Crippen molar-refractivity contribution in [1.82, 2.24) is 10.3 Å². The van der Waals surface area contributed by atoms with Crippen molar-refractivity contribution < 1.29 is 19.1 Å². The van der Waals surface area contributed by atoms with Crippen LogP contribution in [0.3, 0.4) is 0 Å². The molecule has 0 saturated carbocycles. The smallest absolute Gasteiger partial charge is 0.408 e. The molecule has 6 heteroatoms. The van der Waals surface area contributed by atoms with E-state index in [4.69, 9.17) is 9.47 Å². The number of benzene rings is 1. The van der Waals surface area contributed by atoms with Gasteiger partial charge in [0, 0.05) is 16.6 Å². The second-order valence-corrected chi connectivity index (χ2v) is 6.84. The standard InChI is InChI=1S/C18H24N2O4/c1-10-7-12-8-14(11(2)19-17(22)24-18(3,4)5)20-15(12)9-13(10)16(21)23-6/h7-9,11,20H,1-6H3,(H,19,22). The number of carbonyl (C=O) groups is 2. The average Bonchev–Trinajstić information content (AvgIpc) is 2.86. The fourth-order valence-electron chi connectivity index (χ4n) is 2.44. The molecule has 0 radical (unpaired) electrons. The van der Waals surface area contributed by atoms with Crippen LogP contribution in [-0.4, -0.2) is 29.8 Å². The van der Waals surface area contributed by atoms with Gasteiger partial charge in [-0.15, -0.1) is 0 Å². The molecule has 0 bridgehead atoms. The van der Waals surface area contributed by atoms with E-state index < -0.39 is 11.7 Å². The lowest BCUT2D eigenvalue weighted by atomic mass is 10.1. The molecule has 0 spiro atoms. The van der Waals surface area contributed by atoms with E-state index in [9.17, 15) is 9.59 Å². The zero-order valence-electron chi connectivity index (χ0n) is 14.9. The van der Waals surface area contributed by atoms with Crippen molar-refractivity contribution in [1.29, 1.82) is 0 Å². The fourth-order valence-corrected chi connectivity index (χ4v) is 2.44. The van der Waals surface area contributed by atoms with Crippen LogP contribution in [0.25, 0.3) is 10.9 Å². The van der Waals surface area contributed by atoms with Crippen molar-refractivity contribution in [3.05, 3.63) is 35.0 Å². The minimum absolute atomic E-state index is 0.255. The normalized spacial score (nSPS) is 12.8. The molecule has 0 fully saturated rings. The summed E-state index contributed by atoms with van der Waals surface area (Å²) < 4.78 is 10.1. The van der Waals surface area contributed by atoms with E-state index in [1.165, 1.54) is 7.11 Å². The van der Waals surface area contributed by atoms with Crippen molar-refractivity contribution >= 4 is 23.0 Å². The number of alkyl carbamates (subject to hydrolysis) is 1. The van der Waals surface area contributed by atoms with Crippen LogP contribution in [0.1, 0.15) is 55.4 Å². The van der Waals surface area contributed by atoms with Crippen LogP contribution in [0.4, 0.5) is 4.79 Å². The summed E-state index contributed by atoms with van der Waals surface area (Å²) in [6, 6.07) is 5.38. The SMILES string of the molecule is COC(=O)c1cc2[nH]c(C(C)NC(=O)OC(C)(C)C)cc2cc1C. The molecule has 24 heavy (non-hydrogen) atoms. The predicted octanol–water partition coefficient (Wildman–Crippen LogP) is 3.85. The molecule has 2 rings (SSSR count). The summed E-state index contributed by atoms with van der Waals surface area (Å²) in [5.41, 5.74) is 2.46. The maximum Gasteiger partial charge on any atom is 0.408 e. The highest BCUT2D eigenvalue weighted by molar-refractivity contribution is 5.96. The highest BCUT2D eigenvalue weighted by atomic mass is 16.6. The number of esters is 1. The summed E-state index contributed by atoms with van der Waals surface area (Å²) in [7, 11) is 1.36. The molecule has 1 unspecified atom stereocenters. The van der Waals surface area contributed by atoms with Crippen LogP contribution in [0, 0.1) is 6.92 Å². The molecule has 2 N–H and O–H groups in total. The first-order chi connectivity index (χ1) is 11.1. The van der Waals surface area contributed by atoms with Gasteiger partial charge in [0.05, 0.1) is 18.7 Å². The molecular formula is C18H24N2O4. The first kappa shape index (κ1) is 17.8. The topological polar surface area (TPSA) is 80.4 Å². The van der Waals surface area contributed by atoms with E-state index in [1.807, 2.05) is 46.8 Å². The second kappa shape index (κ2) is 6.55. The first-order valence-corrected chi connectivity index (χ1v) is 7.82. The van der Waals surface area contributed by atoms with Crippen LogP contribution in [0.2, 0.25) is 0 Å². The van der Waals surface area contributed by atoms with E-state index in [-0.39, 0.29) is 12.0 Å². The summed E-state index contributed by atoms with van der Waals surface area (Å²) in [5, 5.41) is 3.76. The number of hydrogen-bond acceptors (Lipinski definition) is 4. The van der Waals surface area contributed by atoms with Crippen molar-refractivity contribution in [2.45, 2.75) is 46.3 Å². The summed E-state index contributed by atoms with van der Waals surface area (Å²) >= 11 is 0. The number of hydrogen-bond donors (Lipinski definition) is 2. The van der Waals surface area contributed by atoms with Gasteiger partial charge in [-0.25, -0.2) is 9.59 Å². The number of ether oxygens (including phenoxy) is 2. The van der Waals surface area contributed by atoms with Gasteiger partial charge in [-0.05, 0) is 58.4 Å². The Morgan fingerprint density at radius 3 is 2.46 bits per heavy atom. The van der Waals surface area contributed by atoms with Crippen LogP contribution in [0.5, 0.6) is 0 Å². The number of fused-ring (bicyclic) bond motifs is 1. The maximum atomic E-state index is 11.9. The first-order valence-electron chi connectivity index (χ1n) is 7.82. The Labute approximate surface area is 141 Å². The number of carbonyl (C=O) groups excluding carboxylic acids is 2. The fraction of sp³-hybridized carbons (Fsp3) is 0.444. The molecule has 1 aromatic carbocycles. The lowest BCUT2D eigenvalue weighted by Gasteiger charge is -2.21. The van der Waals surface area contributed by atoms with E-state index >= 15 is 0 Å². The summed E-state index contributed by atoms with van der Waals surface area (Å²) in [4.78, 5) is 26.9. The Morgan fingerprint density at radius 1 is 1.21 bits per heavy atom. The maximum absolute atomic E-state index is 11.9. The van der Waals surface area contributed by atoms with Gasteiger partial charge in [0.25, 0.3) is 0 Å². The molecule has 6 nitrogen and oxygen atoms in total. The van der Waals surface area contributed by atoms with Crippen LogP contribution >= 0.6 is 0 Å². The molecule has 2 aromatic rings. The molecule has 0 saturated heterocycles. The van der Waals surface area contributed by atoms with Crippen LogP contribution in [-0.2, 0) is 9.47 Å². The Hall–Kier alpha value is -2.50. The van der Waals surface area contributed by atoms with Gasteiger partial charge in [0.15, 0.2) is 0 Å². The van der Waals surface area contributed by atoms with Crippen LogP contribution < -0.4 is 5.32 Å². The zero-order chi connectivity index (χ0) is 18.1. The van der Waals surface area contributed by atoms with E-state index in [2.05, 4.69) is 10.3 Å². The highest BCUT2D eigenvalue weighted by Crippen LogP contribution is 2.24. The van der Waals surface area contributed by atoms with Crippen molar-refractivity contribution in [3.63, 3.8) is 0 Å². The van der Waals surface area contributed by atoms with Gasteiger partial charge in [0.2, 0.25) is 0 Å². The summed E-state index contributed by atoms with van der Waals surface area (Å²) in [6.45, 7) is 9.18. The third-order valence-corrected chi connectivity index (χ3v) is 3.59. The molecule has 130 valence electrons. The Morgan fingerprint density at radius 2 is 1.88 bits per heavy atom. The molecule has 1 heterocycles. The average molecular weight is 332 g/mol. The predicted molar refractivity (Wildman–Crippen MR) is 92.2 cm³/mol. The largest absolute Gasteiger partial charge is 0.465 e. The number of rotatable bonds is 3. The molecule has 1 aromatic heterocycles. The zero-order valence-corrected chi connectivity index (χ0v) is 14.9. The Bertz CT molecular complexity index is 771. The third-order valence-electron chi connectivity index (χ3n) is 3.59. The quantitative estimate of drug-likeness (QED) is 0.837. The summed E-state index contributed by atoms with van der Waals surface area (Å²) in [5.74, 6) is -0.370. The number of aromatic nitrogens is 1. The second-order valence-electron chi connectivity index (χ2n) is 6.84. The Balaban J connectivity index is 2.24. The van der Waals surface area contributed by atoms with Gasteiger partial charge in [-0.2, -0.15) is 0 Å². The molecule has 0 aliphatic heterocycles. The monoisotopic (exact) mass is 332 g/mol. The van der Waals surface area contributed by atoms with Crippen molar-refractivity contribution in [2.75, 3.05) is 7.11 Å². The molecule has 1 amide bonds. The minimum atomic E-state index is -0.545. The van der Waals surface area contributed by atoms with Crippen molar-refractivity contribution in [3.8, 4) is 0 Å². The highest BCUT2D eigenvalue weighted by Gasteiger charge is 2.19. The molecule has 1 atom stereocenters. The van der Waals surface area contributed by atoms with Gasteiger partial charge in [0.1, 0.15) is 5.60 Å². The van der Waals surface area contributed by atoms with Gasteiger partial charge < -0.3 is 19.8 Å². The molecule has 0 aliphatic rings. The lowest BCUT2D eigenvalue weighted by Crippen LogP contribution is -2.34.